The molecule has 1 aromatic carbocycles. The second kappa shape index (κ2) is 5.13. The molecule has 0 aliphatic carbocycles. The summed E-state index contributed by atoms with van der Waals surface area (Å²) in [5, 5.41) is 0. The smallest absolute Gasteiger partial charge is 0.294 e. The lowest BCUT2D eigenvalue weighted by atomic mass is 9.83. The molecule has 1 N–H and O–H groups in total. The highest BCUT2D eigenvalue weighted by Gasteiger charge is 2.27. The Morgan fingerprint density at radius 3 is 1.89 bits per heavy atom. The molecule has 4 nitrogen and oxygen atoms in total. The van der Waals surface area contributed by atoms with Crippen molar-refractivity contribution < 1.29 is 17.7 Å². The van der Waals surface area contributed by atoms with Gasteiger partial charge in [0.15, 0.2) is 0 Å². The van der Waals surface area contributed by atoms with E-state index < -0.39 is 10.1 Å². The van der Waals surface area contributed by atoms with Crippen molar-refractivity contribution in [1.29, 1.82) is 0 Å². The first-order valence-corrected chi connectivity index (χ1v) is 7.60. The minimum atomic E-state index is -4.15. The fourth-order valence-electron chi connectivity index (χ4n) is 2.31. The monoisotopic (exact) mass is 286 g/mol. The molecule has 108 valence electrons. The van der Waals surface area contributed by atoms with Crippen molar-refractivity contribution in [2.24, 2.45) is 5.41 Å². The second-order valence-electron chi connectivity index (χ2n) is 6.55. The van der Waals surface area contributed by atoms with Crippen LogP contribution in [0.25, 0.3) is 0 Å². The zero-order valence-corrected chi connectivity index (χ0v) is 12.9. The van der Waals surface area contributed by atoms with Gasteiger partial charge in [-0.2, -0.15) is 8.42 Å². The highest BCUT2D eigenvalue weighted by Crippen LogP contribution is 2.31. The molecule has 5 heteroatoms. The summed E-state index contributed by atoms with van der Waals surface area (Å²) in [6.45, 7) is 10.4. The van der Waals surface area contributed by atoms with Crippen molar-refractivity contribution in [3.8, 4) is 5.75 Å². The molecule has 0 aliphatic rings. The Kier molecular flexibility index (Phi) is 4.32. The van der Waals surface area contributed by atoms with E-state index in [-0.39, 0.29) is 15.9 Å². The normalized spacial score (nSPS) is 13.4. The minimum absolute atomic E-state index is 0.131. The van der Waals surface area contributed by atoms with Gasteiger partial charge in [-0.15, -0.1) is 0 Å². The Morgan fingerprint density at radius 2 is 1.53 bits per heavy atom. The Bertz CT molecular complexity index is 522. The van der Waals surface area contributed by atoms with Gasteiger partial charge in [-0.1, -0.05) is 20.8 Å². The molecule has 0 saturated heterocycles. The molecule has 0 heterocycles. The molecule has 0 aliphatic heterocycles. The SMILES string of the molecule is CC(C)(C)CC(C)(C)Oc1ccc(S(=O)(=O)O)cc1. The average Bonchev–Trinajstić information content (AvgIpc) is 2.11. The molecular formula is C14H22O4S. The second-order valence-corrected chi connectivity index (χ2v) is 7.97. The van der Waals surface area contributed by atoms with Crippen LogP contribution in [0, 0.1) is 5.41 Å². The first kappa shape index (κ1) is 16.0. The van der Waals surface area contributed by atoms with Crippen LogP contribution in [-0.2, 0) is 10.1 Å². The van der Waals surface area contributed by atoms with Crippen molar-refractivity contribution in [3.63, 3.8) is 0 Å². The van der Waals surface area contributed by atoms with Crippen LogP contribution < -0.4 is 4.74 Å². The lowest BCUT2D eigenvalue weighted by molar-refractivity contribution is 0.0621. The molecule has 19 heavy (non-hydrogen) atoms. The van der Waals surface area contributed by atoms with Crippen LogP contribution >= 0.6 is 0 Å². The first-order chi connectivity index (χ1) is 8.39. The van der Waals surface area contributed by atoms with Crippen LogP contribution in [0.3, 0.4) is 0 Å². The molecule has 0 fully saturated rings. The molecule has 0 aromatic heterocycles. The third-order valence-corrected chi connectivity index (χ3v) is 3.34. The van der Waals surface area contributed by atoms with Crippen LogP contribution in [0.1, 0.15) is 41.0 Å². The van der Waals surface area contributed by atoms with E-state index >= 15 is 0 Å². The Balaban J connectivity index is 2.84. The number of hydrogen-bond donors (Lipinski definition) is 1. The van der Waals surface area contributed by atoms with Gasteiger partial charge in [0.1, 0.15) is 11.4 Å². The molecular weight excluding hydrogens is 264 g/mol. The maximum atomic E-state index is 10.9. The quantitative estimate of drug-likeness (QED) is 0.860. The van der Waals surface area contributed by atoms with E-state index in [0.29, 0.717) is 5.75 Å². The van der Waals surface area contributed by atoms with Crippen LogP contribution in [0.4, 0.5) is 0 Å². The summed E-state index contributed by atoms with van der Waals surface area (Å²) >= 11 is 0. The van der Waals surface area contributed by atoms with Gasteiger partial charge >= 0.3 is 0 Å². The number of hydrogen-bond acceptors (Lipinski definition) is 3. The van der Waals surface area contributed by atoms with Gasteiger partial charge in [0, 0.05) is 0 Å². The van der Waals surface area contributed by atoms with Crippen molar-refractivity contribution in [1.82, 2.24) is 0 Å². The fraction of sp³-hybridized carbons (Fsp3) is 0.571. The van der Waals surface area contributed by atoms with Gasteiger partial charge in [-0.05, 0) is 49.9 Å². The van der Waals surface area contributed by atoms with Crippen LogP contribution in [0.5, 0.6) is 5.75 Å². The zero-order chi connectivity index (χ0) is 14.9. The predicted octanol–water partition coefficient (Wildman–Crippen LogP) is 3.53. The highest BCUT2D eigenvalue weighted by molar-refractivity contribution is 7.85. The molecule has 1 rings (SSSR count). The van der Waals surface area contributed by atoms with Crippen molar-refractivity contribution in [3.05, 3.63) is 24.3 Å². The van der Waals surface area contributed by atoms with Gasteiger partial charge in [-0.3, -0.25) is 4.55 Å². The van der Waals surface area contributed by atoms with Gasteiger partial charge in [0.25, 0.3) is 10.1 Å². The Morgan fingerprint density at radius 1 is 1.05 bits per heavy atom. The molecule has 0 unspecified atom stereocenters. The zero-order valence-electron chi connectivity index (χ0n) is 12.1. The predicted molar refractivity (Wildman–Crippen MR) is 75.0 cm³/mol. The van der Waals surface area contributed by atoms with Crippen molar-refractivity contribution in [2.75, 3.05) is 0 Å². The molecule has 1 aromatic rings. The topological polar surface area (TPSA) is 63.6 Å². The Hall–Kier alpha value is -1.07. The summed E-state index contributed by atoms with van der Waals surface area (Å²) in [6, 6.07) is 5.76. The standard InChI is InChI=1S/C14H22O4S/c1-13(2,3)10-14(4,5)18-11-6-8-12(9-7-11)19(15,16)17/h6-9H,10H2,1-5H3,(H,15,16,17). The van der Waals surface area contributed by atoms with E-state index in [2.05, 4.69) is 20.8 Å². The van der Waals surface area contributed by atoms with E-state index in [0.717, 1.165) is 6.42 Å². The minimum Gasteiger partial charge on any atom is -0.488 e. The van der Waals surface area contributed by atoms with E-state index in [9.17, 15) is 8.42 Å². The molecule has 0 amide bonds. The molecule has 0 spiro atoms. The van der Waals surface area contributed by atoms with Crippen molar-refractivity contribution in [2.45, 2.75) is 51.5 Å². The first-order valence-electron chi connectivity index (χ1n) is 6.16. The molecule has 0 radical (unpaired) electrons. The third-order valence-electron chi connectivity index (χ3n) is 2.47. The number of ether oxygens (including phenoxy) is 1. The van der Waals surface area contributed by atoms with Gasteiger partial charge < -0.3 is 4.74 Å². The summed E-state index contributed by atoms with van der Waals surface area (Å²) in [7, 11) is -4.15. The van der Waals surface area contributed by atoms with Gasteiger partial charge in [0.2, 0.25) is 0 Å². The number of benzene rings is 1. The van der Waals surface area contributed by atoms with Crippen LogP contribution in [0.15, 0.2) is 29.2 Å². The summed E-state index contributed by atoms with van der Waals surface area (Å²) in [6.07, 6.45) is 0.861. The summed E-state index contributed by atoms with van der Waals surface area (Å²) < 4.78 is 36.6. The Labute approximate surface area is 115 Å². The van der Waals surface area contributed by atoms with Gasteiger partial charge in [-0.25, -0.2) is 0 Å². The van der Waals surface area contributed by atoms with Gasteiger partial charge in [0.05, 0.1) is 4.90 Å². The van der Waals surface area contributed by atoms with E-state index in [1.54, 1.807) is 12.1 Å². The summed E-state index contributed by atoms with van der Waals surface area (Å²) in [5.41, 5.74) is -0.213. The van der Waals surface area contributed by atoms with Crippen LogP contribution in [-0.4, -0.2) is 18.6 Å². The third kappa shape index (κ3) is 5.61. The van der Waals surface area contributed by atoms with E-state index in [4.69, 9.17) is 9.29 Å². The van der Waals surface area contributed by atoms with E-state index in [1.807, 2.05) is 13.8 Å². The molecule has 0 saturated carbocycles. The lowest BCUT2D eigenvalue weighted by Crippen LogP contribution is -2.33. The summed E-state index contributed by atoms with van der Waals surface area (Å²) in [5.74, 6) is 0.585. The maximum absolute atomic E-state index is 10.9. The average molecular weight is 286 g/mol. The summed E-state index contributed by atoms with van der Waals surface area (Å²) in [4.78, 5) is -0.131. The van der Waals surface area contributed by atoms with Crippen LogP contribution in [0.2, 0.25) is 0 Å². The maximum Gasteiger partial charge on any atom is 0.294 e. The van der Waals surface area contributed by atoms with E-state index in [1.165, 1.54) is 12.1 Å². The lowest BCUT2D eigenvalue weighted by Gasteiger charge is -2.33. The highest BCUT2D eigenvalue weighted by atomic mass is 32.2. The molecule has 0 atom stereocenters. The number of rotatable bonds is 4. The van der Waals surface area contributed by atoms with Crippen molar-refractivity contribution >= 4 is 10.1 Å². The fourth-order valence-corrected chi connectivity index (χ4v) is 2.79. The molecule has 0 bridgehead atoms. The largest absolute Gasteiger partial charge is 0.488 e.